The number of benzene rings is 1. The highest BCUT2D eigenvalue weighted by Gasteiger charge is 2.38. The number of carbonyl (C=O) groups is 3. The molecule has 31 heavy (non-hydrogen) atoms. The molecule has 4 N–H and O–H groups in total. The molecule has 1 saturated carbocycles. The molecular weight excluding hydrogens is 405 g/mol. The SMILES string of the molecule is C[C@H](C1CCC(Oc2ccc(C(N)=O)cc2)CC1)[C@H](NC(=O)O)C(=O)N1CC[C@H](F)C1. The Hall–Kier alpha value is -2.84. The van der Waals surface area contributed by atoms with Gasteiger partial charge in [0.1, 0.15) is 18.0 Å². The molecule has 0 aromatic heterocycles. The standard InChI is InChI=1S/C22H30FN3O5/c1-13(19(25-22(29)30)21(28)26-11-10-16(23)12-26)14-2-6-17(7-3-14)31-18-8-4-15(5-9-18)20(24)27/h4-5,8-9,13-14,16-17,19,25H,2-3,6-7,10-12H2,1H3,(H2,24,27)(H,29,30)/t13-,14?,16+,17?,19+/m1/s1. The van der Waals surface area contributed by atoms with Gasteiger partial charge in [0, 0.05) is 12.1 Å². The summed E-state index contributed by atoms with van der Waals surface area (Å²) >= 11 is 0. The van der Waals surface area contributed by atoms with Crippen LogP contribution in [-0.2, 0) is 4.79 Å². The predicted molar refractivity (Wildman–Crippen MR) is 112 cm³/mol. The van der Waals surface area contributed by atoms with Crippen molar-refractivity contribution in [2.45, 2.75) is 57.3 Å². The number of hydrogen-bond acceptors (Lipinski definition) is 4. The molecule has 170 valence electrons. The number of alkyl halides is 1. The van der Waals surface area contributed by atoms with E-state index in [4.69, 9.17) is 10.5 Å². The number of nitrogens with one attached hydrogen (secondary N) is 1. The molecule has 9 heteroatoms. The van der Waals surface area contributed by atoms with Crippen LogP contribution in [0.1, 0.15) is 49.4 Å². The van der Waals surface area contributed by atoms with Gasteiger partial charge in [0.15, 0.2) is 0 Å². The first-order valence-electron chi connectivity index (χ1n) is 10.7. The molecular formula is C22H30FN3O5. The van der Waals surface area contributed by atoms with Gasteiger partial charge in [0.05, 0.1) is 12.6 Å². The van der Waals surface area contributed by atoms with E-state index in [0.717, 1.165) is 25.7 Å². The number of ether oxygens (including phenoxy) is 1. The van der Waals surface area contributed by atoms with E-state index in [0.29, 0.717) is 24.3 Å². The number of primary amides is 1. The zero-order valence-corrected chi connectivity index (χ0v) is 17.6. The lowest BCUT2D eigenvalue weighted by molar-refractivity contribution is -0.134. The van der Waals surface area contributed by atoms with Crippen molar-refractivity contribution in [2.75, 3.05) is 13.1 Å². The Balaban J connectivity index is 1.56. The minimum Gasteiger partial charge on any atom is -0.490 e. The minimum atomic E-state index is -1.25. The monoisotopic (exact) mass is 435 g/mol. The third kappa shape index (κ3) is 5.86. The fraction of sp³-hybridized carbons (Fsp3) is 0.591. The average molecular weight is 435 g/mol. The van der Waals surface area contributed by atoms with Gasteiger partial charge in [0.2, 0.25) is 11.8 Å². The lowest BCUT2D eigenvalue weighted by atomic mass is 9.76. The van der Waals surface area contributed by atoms with Crippen molar-refractivity contribution in [1.29, 1.82) is 0 Å². The van der Waals surface area contributed by atoms with Gasteiger partial charge in [-0.15, -0.1) is 0 Å². The number of nitrogens with zero attached hydrogens (tertiary/aromatic N) is 1. The van der Waals surface area contributed by atoms with E-state index in [1.54, 1.807) is 24.3 Å². The highest BCUT2D eigenvalue weighted by Crippen LogP contribution is 2.34. The van der Waals surface area contributed by atoms with E-state index in [-0.39, 0.29) is 30.4 Å². The number of halogens is 1. The summed E-state index contributed by atoms with van der Waals surface area (Å²) in [6, 6.07) is 5.80. The quantitative estimate of drug-likeness (QED) is 0.608. The van der Waals surface area contributed by atoms with E-state index in [1.165, 1.54) is 4.90 Å². The Bertz CT molecular complexity index is 795. The van der Waals surface area contributed by atoms with Crippen molar-refractivity contribution in [3.63, 3.8) is 0 Å². The molecule has 8 nitrogen and oxygen atoms in total. The van der Waals surface area contributed by atoms with Crippen LogP contribution in [0.4, 0.5) is 9.18 Å². The van der Waals surface area contributed by atoms with Crippen molar-refractivity contribution in [3.05, 3.63) is 29.8 Å². The van der Waals surface area contributed by atoms with Crippen LogP contribution < -0.4 is 15.8 Å². The molecule has 1 aromatic carbocycles. The Kier molecular flexibility index (Phi) is 7.35. The molecule has 1 aromatic rings. The van der Waals surface area contributed by atoms with E-state index in [2.05, 4.69) is 5.32 Å². The molecule has 0 spiro atoms. The molecule has 0 unspecified atom stereocenters. The predicted octanol–water partition coefficient (Wildman–Crippen LogP) is 2.57. The summed E-state index contributed by atoms with van der Waals surface area (Å²) in [5.74, 6) is -0.226. The van der Waals surface area contributed by atoms with Crippen LogP contribution in [0.5, 0.6) is 5.75 Å². The van der Waals surface area contributed by atoms with E-state index in [9.17, 15) is 23.9 Å². The number of likely N-dealkylation sites (tertiary alicyclic amines) is 1. The molecule has 3 atom stereocenters. The Labute approximate surface area is 180 Å². The highest BCUT2D eigenvalue weighted by molar-refractivity contribution is 5.92. The summed E-state index contributed by atoms with van der Waals surface area (Å²) in [6.07, 6.45) is 1.14. The van der Waals surface area contributed by atoms with Crippen LogP contribution in [-0.4, -0.2) is 59.3 Å². The van der Waals surface area contributed by atoms with Crippen molar-refractivity contribution in [1.82, 2.24) is 10.2 Å². The number of rotatable bonds is 7. The third-order valence-corrected chi connectivity index (χ3v) is 6.42. The molecule has 3 amide bonds. The maximum absolute atomic E-state index is 13.5. The van der Waals surface area contributed by atoms with Gasteiger partial charge >= 0.3 is 6.09 Å². The molecule has 1 aliphatic carbocycles. The van der Waals surface area contributed by atoms with Crippen LogP contribution in [0.2, 0.25) is 0 Å². The Morgan fingerprint density at radius 2 is 1.81 bits per heavy atom. The lowest BCUT2D eigenvalue weighted by Crippen LogP contribution is -2.53. The number of hydrogen-bond donors (Lipinski definition) is 3. The molecule has 1 heterocycles. The van der Waals surface area contributed by atoms with E-state index >= 15 is 0 Å². The fourth-order valence-electron chi connectivity index (χ4n) is 4.56. The first kappa shape index (κ1) is 22.8. The van der Waals surface area contributed by atoms with Gasteiger partial charge in [-0.1, -0.05) is 6.92 Å². The molecule has 3 rings (SSSR count). The second kappa shape index (κ2) is 9.98. The van der Waals surface area contributed by atoms with Gasteiger partial charge in [-0.25, -0.2) is 9.18 Å². The summed E-state index contributed by atoms with van der Waals surface area (Å²) in [4.78, 5) is 36.8. The normalized spacial score (nSPS) is 25.5. The fourth-order valence-corrected chi connectivity index (χ4v) is 4.56. The molecule has 0 radical (unpaired) electrons. The van der Waals surface area contributed by atoms with Gasteiger partial charge in [-0.2, -0.15) is 0 Å². The zero-order chi connectivity index (χ0) is 22.5. The molecule has 2 aliphatic rings. The van der Waals surface area contributed by atoms with Crippen LogP contribution in [0.3, 0.4) is 0 Å². The second-order valence-electron chi connectivity index (χ2n) is 8.50. The maximum Gasteiger partial charge on any atom is 0.405 e. The van der Waals surface area contributed by atoms with Crippen molar-refractivity contribution in [2.24, 2.45) is 17.6 Å². The maximum atomic E-state index is 13.5. The van der Waals surface area contributed by atoms with Gasteiger partial charge in [0.25, 0.3) is 0 Å². The number of carbonyl (C=O) groups excluding carboxylic acids is 2. The number of carboxylic acid groups (broad SMARTS) is 1. The molecule has 0 bridgehead atoms. The number of amides is 3. The zero-order valence-electron chi connectivity index (χ0n) is 17.6. The first-order valence-corrected chi connectivity index (χ1v) is 10.7. The number of nitrogens with two attached hydrogens (primary N) is 1. The molecule has 1 saturated heterocycles. The van der Waals surface area contributed by atoms with Crippen LogP contribution in [0.15, 0.2) is 24.3 Å². The topological polar surface area (TPSA) is 122 Å². The van der Waals surface area contributed by atoms with Crippen LogP contribution in [0, 0.1) is 11.8 Å². The van der Waals surface area contributed by atoms with Crippen molar-refractivity contribution < 1.29 is 28.6 Å². The molecule has 1 aliphatic heterocycles. The van der Waals surface area contributed by atoms with Crippen molar-refractivity contribution >= 4 is 17.9 Å². The summed E-state index contributed by atoms with van der Waals surface area (Å²) in [6.45, 7) is 2.23. The average Bonchev–Trinajstić information content (AvgIpc) is 3.18. The van der Waals surface area contributed by atoms with Gasteiger partial charge < -0.3 is 25.8 Å². The molecule has 2 fully saturated rings. The largest absolute Gasteiger partial charge is 0.490 e. The smallest absolute Gasteiger partial charge is 0.405 e. The second-order valence-corrected chi connectivity index (χ2v) is 8.50. The van der Waals surface area contributed by atoms with Crippen molar-refractivity contribution in [3.8, 4) is 5.75 Å². The minimum absolute atomic E-state index is 0.00957. The first-order chi connectivity index (χ1) is 14.7. The van der Waals surface area contributed by atoms with Gasteiger partial charge in [-0.05, 0) is 68.2 Å². The third-order valence-electron chi connectivity index (χ3n) is 6.42. The van der Waals surface area contributed by atoms with Crippen LogP contribution >= 0.6 is 0 Å². The summed E-state index contributed by atoms with van der Waals surface area (Å²) in [7, 11) is 0. The summed E-state index contributed by atoms with van der Waals surface area (Å²) in [5, 5.41) is 11.6. The van der Waals surface area contributed by atoms with Crippen LogP contribution in [0.25, 0.3) is 0 Å². The van der Waals surface area contributed by atoms with E-state index < -0.39 is 24.2 Å². The Morgan fingerprint density at radius 1 is 1.16 bits per heavy atom. The highest BCUT2D eigenvalue weighted by atomic mass is 19.1. The lowest BCUT2D eigenvalue weighted by Gasteiger charge is -2.36. The summed E-state index contributed by atoms with van der Waals surface area (Å²) < 4.78 is 19.5. The van der Waals surface area contributed by atoms with Gasteiger partial charge in [-0.3, -0.25) is 9.59 Å². The Morgan fingerprint density at radius 3 is 2.32 bits per heavy atom. The van der Waals surface area contributed by atoms with E-state index in [1.807, 2.05) is 6.92 Å². The summed E-state index contributed by atoms with van der Waals surface area (Å²) in [5.41, 5.74) is 5.67.